The van der Waals surface area contributed by atoms with Gasteiger partial charge in [0, 0.05) is 18.0 Å². The second-order valence-corrected chi connectivity index (χ2v) is 11.1. The number of unbranched alkanes of at least 4 members (excludes halogenated alkanes) is 8. The minimum Gasteiger partial charge on any atom is -0.424 e. The van der Waals surface area contributed by atoms with Crippen LogP contribution >= 0.6 is 0 Å². The number of benzene rings is 1. The summed E-state index contributed by atoms with van der Waals surface area (Å²) in [7, 11) is 0. The summed E-state index contributed by atoms with van der Waals surface area (Å²) in [6.45, 7) is 3.41. The molecule has 204 valence electrons. The molecule has 1 saturated carbocycles. The summed E-state index contributed by atoms with van der Waals surface area (Å²) in [5, 5.41) is 0. The molecule has 5 heteroatoms. The maximum Gasteiger partial charge on any atom is 0.348 e. The fourth-order valence-electron chi connectivity index (χ4n) is 5.27. The van der Waals surface area contributed by atoms with Crippen LogP contribution in [0.2, 0.25) is 0 Å². The van der Waals surface area contributed by atoms with Crippen molar-refractivity contribution < 1.29 is 13.9 Å². The Balaban J connectivity index is 1.34. The lowest BCUT2D eigenvalue weighted by Gasteiger charge is -2.18. The van der Waals surface area contributed by atoms with Crippen molar-refractivity contribution in [2.24, 2.45) is 5.92 Å². The predicted molar refractivity (Wildman–Crippen MR) is 149 cm³/mol. The molecule has 0 N–H and O–H groups in total. The van der Waals surface area contributed by atoms with E-state index in [1.807, 2.05) is 12.4 Å². The maximum atomic E-state index is 14.7. The lowest BCUT2D eigenvalue weighted by atomic mass is 9.99. The summed E-state index contributed by atoms with van der Waals surface area (Å²) in [6.07, 6.45) is 24.0. The first kappa shape index (κ1) is 29.3. The van der Waals surface area contributed by atoms with Crippen molar-refractivity contribution in [1.82, 2.24) is 9.97 Å². The van der Waals surface area contributed by atoms with Gasteiger partial charge in [-0.3, -0.25) is 0 Å². The van der Waals surface area contributed by atoms with Crippen molar-refractivity contribution in [1.29, 1.82) is 0 Å². The van der Waals surface area contributed by atoms with Gasteiger partial charge in [-0.1, -0.05) is 90.4 Å². The van der Waals surface area contributed by atoms with Crippen LogP contribution in [0.1, 0.15) is 122 Å². The normalized spacial score (nSPS) is 15.5. The van der Waals surface area contributed by atoms with Crippen molar-refractivity contribution in [3.8, 4) is 17.1 Å². The molecule has 1 fully saturated rings. The zero-order chi connectivity index (χ0) is 26.3. The third kappa shape index (κ3) is 10.5. The molecule has 0 amide bonds. The number of carbonyl (C=O) groups excluding carboxylic acids is 1. The molecule has 1 heterocycles. The number of carbonyl (C=O) groups is 1. The Morgan fingerprint density at radius 2 is 1.54 bits per heavy atom. The molecule has 0 bridgehead atoms. The van der Waals surface area contributed by atoms with Gasteiger partial charge in [0.25, 0.3) is 0 Å². The maximum absolute atomic E-state index is 14.7. The average molecular weight is 511 g/mol. The molecule has 0 aliphatic heterocycles. The highest BCUT2D eigenvalue weighted by atomic mass is 19.1. The highest BCUT2D eigenvalue weighted by molar-refractivity contribution is 5.81. The van der Waals surface area contributed by atoms with Crippen LogP contribution in [0.4, 0.5) is 4.39 Å². The summed E-state index contributed by atoms with van der Waals surface area (Å²) < 4.78 is 20.0. The molecule has 0 radical (unpaired) electrons. The smallest absolute Gasteiger partial charge is 0.348 e. The van der Waals surface area contributed by atoms with E-state index in [9.17, 15) is 9.18 Å². The van der Waals surface area contributed by atoms with Crippen LogP contribution in [0.5, 0.6) is 5.75 Å². The Morgan fingerprint density at radius 3 is 2.22 bits per heavy atom. The summed E-state index contributed by atoms with van der Waals surface area (Å²) in [6, 6.07) is 6.96. The Labute approximate surface area is 223 Å². The van der Waals surface area contributed by atoms with Gasteiger partial charge in [0.05, 0.1) is 0 Å². The Bertz CT molecular complexity index is 905. The molecule has 1 aromatic carbocycles. The highest BCUT2D eigenvalue weighted by Gasteiger charge is 2.34. The number of nitrogens with zero attached hydrogens (tertiary/aromatic N) is 2. The van der Waals surface area contributed by atoms with E-state index in [0.717, 1.165) is 42.7 Å². The van der Waals surface area contributed by atoms with Gasteiger partial charge in [-0.05, 0) is 68.4 Å². The molecule has 1 aliphatic rings. The Hall–Kier alpha value is -2.30. The van der Waals surface area contributed by atoms with Gasteiger partial charge in [0.15, 0.2) is 5.82 Å². The summed E-state index contributed by atoms with van der Waals surface area (Å²) in [5.74, 6) is 1.17. The SMILES string of the molecule is CCCCCC[C@@](C)(F)C(=O)Oc1ccc(-c2ncc(CCCCCCCCC3CCCC3)cn2)cc1. The van der Waals surface area contributed by atoms with Gasteiger partial charge < -0.3 is 4.74 Å². The number of hydrogen-bond donors (Lipinski definition) is 0. The van der Waals surface area contributed by atoms with E-state index in [0.29, 0.717) is 18.0 Å². The van der Waals surface area contributed by atoms with E-state index in [4.69, 9.17) is 4.74 Å². The van der Waals surface area contributed by atoms with Gasteiger partial charge >= 0.3 is 5.97 Å². The second-order valence-electron chi connectivity index (χ2n) is 11.1. The summed E-state index contributed by atoms with van der Waals surface area (Å²) in [5.41, 5.74) is 0.0311. The van der Waals surface area contributed by atoms with Gasteiger partial charge in [-0.25, -0.2) is 19.2 Å². The number of aryl methyl sites for hydroxylation is 1. The number of ether oxygens (including phenoxy) is 1. The molecule has 2 aromatic rings. The number of rotatable bonds is 17. The van der Waals surface area contributed by atoms with Crippen LogP contribution in [0, 0.1) is 5.92 Å². The Kier molecular flexibility index (Phi) is 12.5. The standard InChI is InChI=1S/C32H47FN2O2/c1-3-4-5-14-23-32(2,33)31(36)37-29-21-19-28(20-22-29)30-34-24-27(25-35-30)18-11-9-7-6-8-10-15-26-16-12-13-17-26/h19-22,24-26H,3-18,23H2,1-2H3/t32-/m1/s1. The molecule has 1 atom stereocenters. The number of halogens is 1. The molecule has 4 nitrogen and oxygen atoms in total. The van der Waals surface area contributed by atoms with E-state index >= 15 is 0 Å². The van der Waals surface area contributed by atoms with Crippen molar-refractivity contribution in [3.05, 3.63) is 42.2 Å². The molecule has 1 aromatic heterocycles. The third-order valence-electron chi connectivity index (χ3n) is 7.76. The van der Waals surface area contributed by atoms with Gasteiger partial charge in [-0.2, -0.15) is 0 Å². The molecular weight excluding hydrogens is 463 g/mol. The molecule has 1 aliphatic carbocycles. The number of esters is 1. The molecule has 37 heavy (non-hydrogen) atoms. The molecular formula is C32H47FN2O2. The van der Waals surface area contributed by atoms with E-state index in [-0.39, 0.29) is 6.42 Å². The van der Waals surface area contributed by atoms with E-state index < -0.39 is 11.6 Å². The quantitative estimate of drug-likeness (QED) is 0.121. The van der Waals surface area contributed by atoms with Crippen LogP contribution < -0.4 is 4.74 Å². The van der Waals surface area contributed by atoms with Crippen molar-refractivity contribution in [2.75, 3.05) is 0 Å². The van der Waals surface area contributed by atoms with Gasteiger partial charge in [0.1, 0.15) is 5.75 Å². The fraction of sp³-hybridized carbons (Fsp3) is 0.656. The first-order valence-corrected chi connectivity index (χ1v) is 14.8. The third-order valence-corrected chi connectivity index (χ3v) is 7.76. The van der Waals surface area contributed by atoms with Crippen LogP contribution in [0.3, 0.4) is 0 Å². The number of aromatic nitrogens is 2. The van der Waals surface area contributed by atoms with E-state index in [1.54, 1.807) is 24.3 Å². The first-order chi connectivity index (χ1) is 18.0. The minimum atomic E-state index is -1.97. The fourth-order valence-corrected chi connectivity index (χ4v) is 5.27. The van der Waals surface area contributed by atoms with Crippen molar-refractivity contribution >= 4 is 5.97 Å². The lowest BCUT2D eigenvalue weighted by molar-refractivity contribution is -0.147. The monoisotopic (exact) mass is 510 g/mol. The minimum absolute atomic E-state index is 0.185. The molecule has 0 spiro atoms. The highest BCUT2D eigenvalue weighted by Crippen LogP contribution is 2.29. The average Bonchev–Trinajstić information content (AvgIpc) is 3.43. The number of alkyl halides is 1. The topological polar surface area (TPSA) is 52.1 Å². The predicted octanol–water partition coefficient (Wildman–Crippen LogP) is 9.21. The van der Waals surface area contributed by atoms with Crippen LogP contribution in [-0.2, 0) is 11.2 Å². The first-order valence-electron chi connectivity index (χ1n) is 14.8. The zero-order valence-corrected chi connectivity index (χ0v) is 23.2. The van der Waals surface area contributed by atoms with Crippen LogP contribution in [-0.4, -0.2) is 21.6 Å². The summed E-state index contributed by atoms with van der Waals surface area (Å²) >= 11 is 0. The van der Waals surface area contributed by atoms with Crippen molar-refractivity contribution in [3.63, 3.8) is 0 Å². The second kappa shape index (κ2) is 15.8. The number of hydrogen-bond acceptors (Lipinski definition) is 4. The lowest BCUT2D eigenvalue weighted by Crippen LogP contribution is -2.34. The zero-order valence-electron chi connectivity index (χ0n) is 23.2. The van der Waals surface area contributed by atoms with Crippen LogP contribution in [0.25, 0.3) is 11.4 Å². The summed E-state index contributed by atoms with van der Waals surface area (Å²) in [4.78, 5) is 21.3. The van der Waals surface area contributed by atoms with E-state index in [1.165, 1.54) is 77.6 Å². The van der Waals surface area contributed by atoms with Gasteiger partial charge in [0.2, 0.25) is 5.67 Å². The molecule has 0 saturated heterocycles. The Morgan fingerprint density at radius 1 is 0.919 bits per heavy atom. The largest absolute Gasteiger partial charge is 0.424 e. The van der Waals surface area contributed by atoms with Gasteiger partial charge in [-0.15, -0.1) is 0 Å². The van der Waals surface area contributed by atoms with Crippen molar-refractivity contribution in [2.45, 2.75) is 129 Å². The molecule has 0 unspecified atom stereocenters. The van der Waals surface area contributed by atoms with E-state index in [2.05, 4.69) is 16.9 Å². The molecule has 3 rings (SSSR count). The van der Waals surface area contributed by atoms with Crippen LogP contribution in [0.15, 0.2) is 36.7 Å².